The Labute approximate surface area is 120 Å². The zero-order valence-electron chi connectivity index (χ0n) is 11.7. The zero-order valence-corrected chi connectivity index (χ0v) is 11.7. The lowest BCUT2D eigenvalue weighted by Crippen LogP contribution is -2.42. The van der Waals surface area contributed by atoms with E-state index in [1.807, 2.05) is 0 Å². The maximum atomic E-state index is 11.9. The van der Waals surface area contributed by atoms with Crippen LogP contribution < -0.4 is 10.1 Å². The van der Waals surface area contributed by atoms with Gasteiger partial charge in [0.25, 0.3) is 5.69 Å². The van der Waals surface area contributed by atoms with Crippen LogP contribution in [0.3, 0.4) is 0 Å². The van der Waals surface area contributed by atoms with Gasteiger partial charge in [0.05, 0.1) is 17.7 Å². The number of nitrogens with zero attached hydrogens (tertiary/aromatic N) is 2. The van der Waals surface area contributed by atoms with Gasteiger partial charge in [0.1, 0.15) is 11.8 Å². The van der Waals surface area contributed by atoms with Crippen molar-refractivity contribution in [1.82, 2.24) is 4.90 Å². The summed E-state index contributed by atoms with van der Waals surface area (Å²) in [7, 11) is 2.65. The SMILES string of the molecule is COc1ccc([N+](=O)[O-])cc1NC(=O)N(C)C(C)C(=O)O. The van der Waals surface area contributed by atoms with Gasteiger partial charge in [-0.15, -0.1) is 0 Å². The smallest absolute Gasteiger partial charge is 0.326 e. The highest BCUT2D eigenvalue weighted by Crippen LogP contribution is 2.29. The van der Waals surface area contributed by atoms with Crippen molar-refractivity contribution >= 4 is 23.4 Å². The number of carboxylic acid groups (broad SMARTS) is 1. The van der Waals surface area contributed by atoms with Gasteiger partial charge in [0.15, 0.2) is 0 Å². The topological polar surface area (TPSA) is 122 Å². The summed E-state index contributed by atoms with van der Waals surface area (Å²) in [5.41, 5.74) is -0.138. The molecule has 0 spiro atoms. The third kappa shape index (κ3) is 3.81. The van der Waals surface area contributed by atoms with Crippen molar-refractivity contribution in [3.63, 3.8) is 0 Å². The first-order valence-corrected chi connectivity index (χ1v) is 5.87. The fourth-order valence-electron chi connectivity index (χ4n) is 1.45. The molecule has 1 rings (SSSR count). The number of nitro groups is 1. The molecule has 0 saturated carbocycles. The molecule has 1 atom stereocenters. The van der Waals surface area contributed by atoms with Crippen molar-refractivity contribution in [1.29, 1.82) is 0 Å². The summed E-state index contributed by atoms with van der Waals surface area (Å²) in [5, 5.41) is 22.0. The number of aliphatic carboxylic acids is 1. The molecule has 9 nitrogen and oxygen atoms in total. The van der Waals surface area contributed by atoms with Gasteiger partial charge in [-0.25, -0.2) is 9.59 Å². The van der Waals surface area contributed by atoms with Gasteiger partial charge in [0, 0.05) is 19.2 Å². The monoisotopic (exact) mass is 297 g/mol. The molecule has 1 unspecified atom stereocenters. The molecule has 0 aliphatic rings. The molecule has 0 heterocycles. The van der Waals surface area contributed by atoms with E-state index in [2.05, 4.69) is 5.32 Å². The van der Waals surface area contributed by atoms with Gasteiger partial charge in [-0.2, -0.15) is 0 Å². The second-order valence-electron chi connectivity index (χ2n) is 4.20. The van der Waals surface area contributed by atoms with Crippen LogP contribution in [0.4, 0.5) is 16.2 Å². The highest BCUT2D eigenvalue weighted by Gasteiger charge is 2.23. The van der Waals surface area contributed by atoms with Crippen LogP contribution in [0.15, 0.2) is 18.2 Å². The van der Waals surface area contributed by atoms with Crippen molar-refractivity contribution in [2.75, 3.05) is 19.5 Å². The number of nitro benzene ring substituents is 1. The predicted octanol–water partition coefficient (Wildman–Crippen LogP) is 1.54. The lowest BCUT2D eigenvalue weighted by molar-refractivity contribution is -0.384. The lowest BCUT2D eigenvalue weighted by Gasteiger charge is -2.22. The zero-order chi connectivity index (χ0) is 16.2. The molecule has 2 amide bonds. The predicted molar refractivity (Wildman–Crippen MR) is 73.5 cm³/mol. The minimum absolute atomic E-state index is 0.0844. The molecule has 0 bridgehead atoms. The number of carbonyl (C=O) groups excluding carboxylic acids is 1. The maximum Gasteiger partial charge on any atom is 0.326 e. The van der Waals surface area contributed by atoms with Gasteiger partial charge >= 0.3 is 12.0 Å². The third-order valence-corrected chi connectivity index (χ3v) is 2.89. The van der Waals surface area contributed by atoms with E-state index in [4.69, 9.17) is 9.84 Å². The first-order chi connectivity index (χ1) is 9.77. The molecule has 0 aromatic heterocycles. The van der Waals surface area contributed by atoms with Crippen molar-refractivity contribution < 1.29 is 24.4 Å². The lowest BCUT2D eigenvalue weighted by atomic mass is 10.2. The van der Waals surface area contributed by atoms with E-state index in [1.165, 1.54) is 33.2 Å². The molecule has 0 saturated heterocycles. The normalized spacial score (nSPS) is 11.4. The summed E-state index contributed by atoms with van der Waals surface area (Å²) in [4.78, 5) is 33.8. The second-order valence-corrected chi connectivity index (χ2v) is 4.20. The van der Waals surface area contributed by atoms with Crippen LogP contribution in [-0.4, -0.2) is 47.1 Å². The van der Waals surface area contributed by atoms with Gasteiger partial charge in [0.2, 0.25) is 0 Å². The number of rotatable bonds is 5. The number of anilines is 1. The fraction of sp³-hybridized carbons (Fsp3) is 0.333. The number of hydrogen-bond acceptors (Lipinski definition) is 5. The van der Waals surface area contributed by atoms with E-state index in [0.717, 1.165) is 11.0 Å². The van der Waals surface area contributed by atoms with Gasteiger partial charge in [-0.05, 0) is 13.0 Å². The molecular formula is C12H15N3O6. The summed E-state index contributed by atoms with van der Waals surface area (Å²) in [6.45, 7) is 1.34. The summed E-state index contributed by atoms with van der Waals surface area (Å²) < 4.78 is 5.00. The molecule has 0 aliphatic heterocycles. The number of methoxy groups -OCH3 is 1. The number of nitrogens with one attached hydrogen (secondary N) is 1. The summed E-state index contributed by atoms with van der Waals surface area (Å²) in [6, 6.07) is 1.95. The van der Waals surface area contributed by atoms with Gasteiger partial charge in [-0.1, -0.05) is 0 Å². The third-order valence-electron chi connectivity index (χ3n) is 2.89. The Morgan fingerprint density at radius 2 is 2.10 bits per heavy atom. The number of urea groups is 1. The average Bonchev–Trinajstić information content (AvgIpc) is 2.45. The highest BCUT2D eigenvalue weighted by atomic mass is 16.6. The second kappa shape index (κ2) is 6.55. The van der Waals surface area contributed by atoms with E-state index in [-0.39, 0.29) is 17.1 Å². The van der Waals surface area contributed by atoms with Crippen molar-refractivity contribution in [3.05, 3.63) is 28.3 Å². The van der Waals surface area contributed by atoms with E-state index in [1.54, 1.807) is 0 Å². The molecular weight excluding hydrogens is 282 g/mol. The van der Waals surface area contributed by atoms with Crippen LogP contribution in [0.2, 0.25) is 0 Å². The number of non-ortho nitro benzene ring substituents is 1. The number of carboxylic acids is 1. The van der Waals surface area contributed by atoms with Crippen molar-refractivity contribution in [2.45, 2.75) is 13.0 Å². The standard InChI is InChI=1S/C12H15N3O6/c1-7(11(16)17)14(2)12(18)13-9-6-8(15(19)20)4-5-10(9)21-3/h4-7H,1-3H3,(H,13,18)(H,16,17). The van der Waals surface area contributed by atoms with Crippen LogP contribution in [0.25, 0.3) is 0 Å². The Kier molecular flexibility index (Phi) is 5.06. The Balaban J connectivity index is 3.00. The number of amides is 2. The quantitative estimate of drug-likeness (QED) is 0.628. The highest BCUT2D eigenvalue weighted by molar-refractivity contribution is 5.93. The van der Waals surface area contributed by atoms with Gasteiger partial charge in [-0.3, -0.25) is 10.1 Å². The molecule has 114 valence electrons. The van der Waals surface area contributed by atoms with Crippen LogP contribution in [0.1, 0.15) is 6.92 Å². The molecule has 0 aliphatic carbocycles. The number of ether oxygens (including phenoxy) is 1. The number of carbonyl (C=O) groups is 2. The molecule has 1 aromatic carbocycles. The number of benzene rings is 1. The molecule has 2 N–H and O–H groups in total. The number of hydrogen-bond donors (Lipinski definition) is 2. The summed E-state index contributed by atoms with van der Waals surface area (Å²) in [5.74, 6) is -0.941. The average molecular weight is 297 g/mol. The first-order valence-electron chi connectivity index (χ1n) is 5.87. The van der Waals surface area contributed by atoms with Crippen LogP contribution in [0, 0.1) is 10.1 Å². The van der Waals surface area contributed by atoms with E-state index in [9.17, 15) is 19.7 Å². The molecule has 0 fully saturated rings. The van der Waals surface area contributed by atoms with Crippen LogP contribution in [-0.2, 0) is 4.79 Å². The number of likely N-dealkylation sites (N-methyl/N-ethyl adjacent to an activating group) is 1. The van der Waals surface area contributed by atoms with Crippen molar-refractivity contribution in [2.24, 2.45) is 0 Å². The fourth-order valence-corrected chi connectivity index (χ4v) is 1.45. The van der Waals surface area contributed by atoms with Crippen molar-refractivity contribution in [3.8, 4) is 5.75 Å². The first kappa shape index (κ1) is 16.2. The molecule has 9 heteroatoms. The Hall–Kier alpha value is -2.84. The van der Waals surface area contributed by atoms with E-state index in [0.29, 0.717) is 0 Å². The minimum Gasteiger partial charge on any atom is -0.495 e. The largest absolute Gasteiger partial charge is 0.495 e. The maximum absolute atomic E-state index is 11.9. The van der Waals surface area contributed by atoms with Crippen LogP contribution >= 0.6 is 0 Å². The Morgan fingerprint density at radius 1 is 1.48 bits per heavy atom. The van der Waals surface area contributed by atoms with E-state index < -0.39 is 23.0 Å². The summed E-state index contributed by atoms with van der Waals surface area (Å²) in [6.07, 6.45) is 0. The molecule has 1 aromatic rings. The van der Waals surface area contributed by atoms with Crippen LogP contribution in [0.5, 0.6) is 5.75 Å². The molecule has 0 radical (unpaired) electrons. The Morgan fingerprint density at radius 3 is 2.57 bits per heavy atom. The molecule has 21 heavy (non-hydrogen) atoms. The summed E-state index contributed by atoms with van der Waals surface area (Å²) >= 11 is 0. The Bertz CT molecular complexity index is 574. The van der Waals surface area contributed by atoms with E-state index >= 15 is 0 Å². The minimum atomic E-state index is -1.17. The van der Waals surface area contributed by atoms with Gasteiger partial charge < -0.3 is 20.1 Å².